The van der Waals surface area contributed by atoms with Crippen LogP contribution in [0.5, 0.6) is 0 Å². The molecule has 6 heteroatoms. The normalized spacial score (nSPS) is 26.5. The summed E-state index contributed by atoms with van der Waals surface area (Å²) in [6.45, 7) is 0. The SMILES string of the molecule is Cl.Cl.NC1CCC(NC(=O)O)CC1. The second-order valence-electron chi connectivity index (χ2n) is 3.06. The van der Waals surface area contributed by atoms with E-state index in [0.29, 0.717) is 0 Å². The molecular formula is C7H16Cl2N2O2. The second kappa shape index (κ2) is 7.24. The van der Waals surface area contributed by atoms with E-state index in [0.717, 1.165) is 25.7 Å². The van der Waals surface area contributed by atoms with Crippen molar-refractivity contribution >= 4 is 30.9 Å². The van der Waals surface area contributed by atoms with E-state index in [1.54, 1.807) is 0 Å². The standard InChI is InChI=1S/C7H14N2O2.2ClH/c8-5-1-3-6(4-2-5)9-7(10)11;;/h5-6,9H,1-4,8H2,(H,10,11);2*1H. The summed E-state index contributed by atoms with van der Waals surface area (Å²) in [5, 5.41) is 10.9. The van der Waals surface area contributed by atoms with Gasteiger partial charge in [0.1, 0.15) is 0 Å². The van der Waals surface area contributed by atoms with Crippen LogP contribution in [0.3, 0.4) is 0 Å². The lowest BCUT2D eigenvalue weighted by molar-refractivity contribution is 0.185. The van der Waals surface area contributed by atoms with Crippen LogP contribution in [-0.4, -0.2) is 23.3 Å². The minimum atomic E-state index is -0.925. The molecule has 0 aromatic carbocycles. The average molecular weight is 231 g/mol. The molecule has 0 bridgehead atoms. The Kier molecular flexibility index (Phi) is 8.51. The lowest BCUT2D eigenvalue weighted by Crippen LogP contribution is -2.39. The van der Waals surface area contributed by atoms with Crippen LogP contribution < -0.4 is 11.1 Å². The van der Waals surface area contributed by atoms with Gasteiger partial charge in [-0.25, -0.2) is 4.79 Å². The molecule has 1 saturated carbocycles. The first-order chi connectivity index (χ1) is 5.18. The highest BCUT2D eigenvalue weighted by Crippen LogP contribution is 2.16. The third-order valence-electron chi connectivity index (χ3n) is 2.10. The molecule has 0 spiro atoms. The first-order valence-electron chi connectivity index (χ1n) is 3.93. The van der Waals surface area contributed by atoms with Crippen LogP contribution in [0.4, 0.5) is 4.79 Å². The van der Waals surface area contributed by atoms with Gasteiger partial charge in [-0.2, -0.15) is 0 Å². The number of amides is 1. The van der Waals surface area contributed by atoms with Crippen molar-refractivity contribution in [2.45, 2.75) is 37.8 Å². The fourth-order valence-corrected chi connectivity index (χ4v) is 1.44. The van der Waals surface area contributed by atoms with Gasteiger partial charge in [-0.3, -0.25) is 0 Å². The third-order valence-corrected chi connectivity index (χ3v) is 2.10. The van der Waals surface area contributed by atoms with Gasteiger partial charge in [-0.05, 0) is 25.7 Å². The second-order valence-corrected chi connectivity index (χ2v) is 3.06. The zero-order valence-electron chi connectivity index (χ0n) is 7.23. The summed E-state index contributed by atoms with van der Waals surface area (Å²) in [5.41, 5.74) is 5.65. The van der Waals surface area contributed by atoms with E-state index in [9.17, 15) is 4.79 Å². The molecule has 1 rings (SSSR count). The highest BCUT2D eigenvalue weighted by molar-refractivity contribution is 5.85. The predicted molar refractivity (Wildman–Crippen MR) is 55.9 cm³/mol. The number of nitrogens with one attached hydrogen (secondary N) is 1. The van der Waals surface area contributed by atoms with Crippen molar-refractivity contribution in [2.75, 3.05) is 0 Å². The topological polar surface area (TPSA) is 75.3 Å². The molecule has 0 saturated heterocycles. The molecule has 4 nitrogen and oxygen atoms in total. The Morgan fingerprint density at radius 3 is 2.08 bits per heavy atom. The summed E-state index contributed by atoms with van der Waals surface area (Å²) < 4.78 is 0. The minimum Gasteiger partial charge on any atom is -0.465 e. The van der Waals surface area contributed by atoms with E-state index in [2.05, 4.69) is 5.32 Å². The largest absolute Gasteiger partial charge is 0.465 e. The van der Waals surface area contributed by atoms with Crippen molar-refractivity contribution in [3.05, 3.63) is 0 Å². The van der Waals surface area contributed by atoms with Crippen molar-refractivity contribution in [3.8, 4) is 0 Å². The van der Waals surface area contributed by atoms with Crippen molar-refractivity contribution in [3.63, 3.8) is 0 Å². The number of carbonyl (C=O) groups is 1. The molecule has 0 aliphatic heterocycles. The summed E-state index contributed by atoms with van der Waals surface area (Å²) in [4.78, 5) is 10.2. The summed E-state index contributed by atoms with van der Waals surface area (Å²) in [5.74, 6) is 0. The molecule has 1 aliphatic carbocycles. The van der Waals surface area contributed by atoms with Gasteiger partial charge in [0.25, 0.3) is 0 Å². The fraction of sp³-hybridized carbons (Fsp3) is 0.857. The number of hydrogen-bond acceptors (Lipinski definition) is 2. The molecule has 0 aromatic heterocycles. The highest BCUT2D eigenvalue weighted by Gasteiger charge is 2.19. The lowest BCUT2D eigenvalue weighted by Gasteiger charge is -2.25. The van der Waals surface area contributed by atoms with Gasteiger partial charge >= 0.3 is 6.09 Å². The van der Waals surface area contributed by atoms with Crippen molar-refractivity contribution in [2.24, 2.45) is 5.73 Å². The van der Waals surface area contributed by atoms with Crippen LogP contribution in [0.15, 0.2) is 0 Å². The van der Waals surface area contributed by atoms with Crippen molar-refractivity contribution in [1.82, 2.24) is 5.32 Å². The minimum absolute atomic E-state index is 0. The maximum absolute atomic E-state index is 10.2. The van der Waals surface area contributed by atoms with E-state index in [4.69, 9.17) is 10.8 Å². The van der Waals surface area contributed by atoms with E-state index in [1.807, 2.05) is 0 Å². The molecular weight excluding hydrogens is 215 g/mol. The summed E-state index contributed by atoms with van der Waals surface area (Å²) in [6.07, 6.45) is 2.71. The Morgan fingerprint density at radius 2 is 1.69 bits per heavy atom. The van der Waals surface area contributed by atoms with E-state index in [1.165, 1.54) is 0 Å². The molecule has 13 heavy (non-hydrogen) atoms. The molecule has 4 N–H and O–H groups in total. The Labute approximate surface area is 90.1 Å². The van der Waals surface area contributed by atoms with Crippen LogP contribution >= 0.6 is 24.8 Å². The zero-order chi connectivity index (χ0) is 8.27. The maximum Gasteiger partial charge on any atom is 0.404 e. The number of halogens is 2. The number of carboxylic acid groups (broad SMARTS) is 1. The highest BCUT2D eigenvalue weighted by atomic mass is 35.5. The van der Waals surface area contributed by atoms with Crippen molar-refractivity contribution < 1.29 is 9.90 Å². The van der Waals surface area contributed by atoms with Gasteiger partial charge in [0.2, 0.25) is 0 Å². The molecule has 0 heterocycles. The average Bonchev–Trinajstić information content (AvgIpc) is 1.93. The van der Waals surface area contributed by atoms with Crippen LogP contribution in [0.2, 0.25) is 0 Å². The Morgan fingerprint density at radius 1 is 1.23 bits per heavy atom. The van der Waals surface area contributed by atoms with Gasteiger partial charge in [-0.1, -0.05) is 0 Å². The van der Waals surface area contributed by atoms with Gasteiger partial charge in [0.15, 0.2) is 0 Å². The van der Waals surface area contributed by atoms with Gasteiger partial charge in [0.05, 0.1) is 0 Å². The van der Waals surface area contributed by atoms with Gasteiger partial charge in [0, 0.05) is 12.1 Å². The fourth-order valence-electron chi connectivity index (χ4n) is 1.44. The monoisotopic (exact) mass is 230 g/mol. The van der Waals surface area contributed by atoms with E-state index in [-0.39, 0.29) is 36.9 Å². The van der Waals surface area contributed by atoms with Crippen LogP contribution in [0.1, 0.15) is 25.7 Å². The molecule has 1 amide bonds. The van der Waals surface area contributed by atoms with E-state index < -0.39 is 6.09 Å². The van der Waals surface area contributed by atoms with Crippen LogP contribution in [0.25, 0.3) is 0 Å². The molecule has 1 aliphatic rings. The predicted octanol–water partition coefficient (Wildman–Crippen LogP) is 1.37. The quantitative estimate of drug-likeness (QED) is 0.637. The molecule has 1 fully saturated rings. The lowest BCUT2D eigenvalue weighted by atomic mass is 9.92. The molecule has 0 atom stereocenters. The molecule has 80 valence electrons. The Bertz CT molecular complexity index is 149. The maximum atomic E-state index is 10.2. The van der Waals surface area contributed by atoms with Crippen LogP contribution in [-0.2, 0) is 0 Å². The van der Waals surface area contributed by atoms with Crippen LogP contribution in [0, 0.1) is 0 Å². The first-order valence-corrected chi connectivity index (χ1v) is 3.93. The summed E-state index contributed by atoms with van der Waals surface area (Å²) in [6, 6.07) is 0.411. The third kappa shape index (κ3) is 5.96. The van der Waals surface area contributed by atoms with Gasteiger partial charge in [-0.15, -0.1) is 24.8 Å². The van der Waals surface area contributed by atoms with Crippen molar-refractivity contribution in [1.29, 1.82) is 0 Å². The Balaban J connectivity index is 0. The number of rotatable bonds is 1. The molecule has 0 unspecified atom stereocenters. The number of hydrogen-bond donors (Lipinski definition) is 3. The molecule has 0 radical (unpaired) electrons. The Hall–Kier alpha value is -0.190. The first kappa shape index (κ1) is 15.3. The number of nitrogens with two attached hydrogens (primary N) is 1. The van der Waals surface area contributed by atoms with E-state index >= 15 is 0 Å². The summed E-state index contributed by atoms with van der Waals surface area (Å²) >= 11 is 0. The molecule has 0 aromatic rings. The van der Waals surface area contributed by atoms with Gasteiger partial charge < -0.3 is 16.2 Å². The summed E-state index contributed by atoms with van der Waals surface area (Å²) in [7, 11) is 0. The smallest absolute Gasteiger partial charge is 0.404 e. The zero-order valence-corrected chi connectivity index (χ0v) is 8.87.